The van der Waals surface area contributed by atoms with Crippen LogP contribution < -0.4 is 5.73 Å². The van der Waals surface area contributed by atoms with Crippen molar-refractivity contribution in [1.82, 2.24) is 10.1 Å². The van der Waals surface area contributed by atoms with E-state index in [1.807, 2.05) is 54.8 Å². The Hall–Kier alpha value is -2.27. The fourth-order valence-electron chi connectivity index (χ4n) is 1.88. The summed E-state index contributed by atoms with van der Waals surface area (Å²) in [7, 11) is 0. The molecule has 0 aliphatic rings. The Kier molecular flexibility index (Phi) is 3.43. The van der Waals surface area contributed by atoms with Crippen LogP contribution in [0.4, 0.5) is 5.69 Å². The summed E-state index contributed by atoms with van der Waals surface area (Å²) in [6.07, 6.45) is 2.04. The van der Waals surface area contributed by atoms with Crippen molar-refractivity contribution in [3.63, 3.8) is 0 Å². The lowest BCUT2D eigenvalue weighted by atomic mass is 10.2. The van der Waals surface area contributed by atoms with Gasteiger partial charge in [0, 0.05) is 21.7 Å². The van der Waals surface area contributed by atoms with Gasteiger partial charge in [-0.15, -0.1) is 11.8 Å². The maximum absolute atomic E-state index is 5.91. The van der Waals surface area contributed by atoms with E-state index in [-0.39, 0.29) is 0 Å². The fraction of sp³-hybridized carbons (Fsp3) is 0.0667. The minimum absolute atomic E-state index is 0.496. The van der Waals surface area contributed by atoms with E-state index in [0.29, 0.717) is 17.4 Å². The van der Waals surface area contributed by atoms with E-state index >= 15 is 0 Å². The molecule has 0 atom stereocenters. The van der Waals surface area contributed by atoms with Crippen molar-refractivity contribution in [1.29, 1.82) is 0 Å². The van der Waals surface area contributed by atoms with Gasteiger partial charge in [-0.2, -0.15) is 4.98 Å². The highest BCUT2D eigenvalue weighted by atomic mass is 32.2. The zero-order chi connectivity index (χ0) is 13.9. The van der Waals surface area contributed by atoms with E-state index < -0.39 is 0 Å². The molecule has 100 valence electrons. The largest absolute Gasteiger partial charge is 0.398 e. The molecule has 0 spiro atoms. The van der Waals surface area contributed by atoms with E-state index in [0.717, 1.165) is 11.1 Å². The molecular formula is C15H13N3OS. The van der Waals surface area contributed by atoms with Gasteiger partial charge in [-0.1, -0.05) is 17.3 Å². The van der Waals surface area contributed by atoms with Crippen LogP contribution in [-0.2, 0) is 0 Å². The Balaban J connectivity index is 1.95. The van der Waals surface area contributed by atoms with Crippen molar-refractivity contribution in [2.24, 2.45) is 0 Å². The molecule has 0 aliphatic carbocycles. The van der Waals surface area contributed by atoms with Crippen LogP contribution in [0.3, 0.4) is 0 Å². The summed E-state index contributed by atoms with van der Waals surface area (Å²) in [6, 6.07) is 15.5. The van der Waals surface area contributed by atoms with Crippen LogP contribution in [0.25, 0.3) is 22.8 Å². The Labute approximate surface area is 121 Å². The number of para-hydroxylation sites is 1. The third-order valence-corrected chi connectivity index (χ3v) is 3.71. The van der Waals surface area contributed by atoms with Gasteiger partial charge in [0.2, 0.25) is 5.82 Å². The molecule has 2 N–H and O–H groups in total. The van der Waals surface area contributed by atoms with Gasteiger partial charge >= 0.3 is 0 Å². The highest BCUT2D eigenvalue weighted by Gasteiger charge is 2.12. The van der Waals surface area contributed by atoms with Crippen molar-refractivity contribution in [2.75, 3.05) is 12.0 Å². The highest BCUT2D eigenvalue weighted by Crippen LogP contribution is 2.26. The molecule has 4 nitrogen and oxygen atoms in total. The molecule has 0 radical (unpaired) electrons. The summed E-state index contributed by atoms with van der Waals surface area (Å²) in [4.78, 5) is 5.60. The zero-order valence-corrected chi connectivity index (χ0v) is 11.7. The van der Waals surface area contributed by atoms with Crippen LogP contribution in [0, 0.1) is 0 Å². The molecule has 3 rings (SSSR count). The smallest absolute Gasteiger partial charge is 0.258 e. The first-order valence-electron chi connectivity index (χ1n) is 6.11. The number of nitrogens with zero attached hydrogens (tertiary/aromatic N) is 2. The number of benzene rings is 2. The third kappa shape index (κ3) is 2.40. The van der Waals surface area contributed by atoms with Gasteiger partial charge in [-0.05, 0) is 42.7 Å². The Morgan fingerprint density at radius 1 is 1.05 bits per heavy atom. The second kappa shape index (κ2) is 5.38. The van der Waals surface area contributed by atoms with Crippen LogP contribution in [0.1, 0.15) is 0 Å². The summed E-state index contributed by atoms with van der Waals surface area (Å²) >= 11 is 1.69. The van der Waals surface area contributed by atoms with E-state index in [9.17, 15) is 0 Å². The standard InChI is InChI=1S/C15H13N3OS/c1-20-11-8-6-10(7-9-11)15-17-14(18-19-15)12-4-2-3-5-13(12)16/h2-9H,16H2,1H3. The highest BCUT2D eigenvalue weighted by molar-refractivity contribution is 7.98. The van der Waals surface area contributed by atoms with E-state index in [1.165, 1.54) is 4.90 Å². The van der Waals surface area contributed by atoms with Crippen molar-refractivity contribution in [3.8, 4) is 22.8 Å². The van der Waals surface area contributed by atoms with E-state index in [1.54, 1.807) is 11.8 Å². The average Bonchev–Trinajstić information content (AvgIpc) is 2.97. The maximum atomic E-state index is 5.91. The minimum atomic E-state index is 0.496. The minimum Gasteiger partial charge on any atom is -0.398 e. The van der Waals surface area contributed by atoms with Gasteiger partial charge in [0.1, 0.15) is 0 Å². The van der Waals surface area contributed by atoms with Crippen LogP contribution in [0.5, 0.6) is 0 Å². The summed E-state index contributed by atoms with van der Waals surface area (Å²) in [6.45, 7) is 0. The SMILES string of the molecule is CSc1ccc(-c2nc(-c3ccccc3N)no2)cc1. The predicted octanol–water partition coefficient (Wildman–Crippen LogP) is 3.71. The van der Waals surface area contributed by atoms with Gasteiger partial charge in [0.05, 0.1) is 0 Å². The van der Waals surface area contributed by atoms with Gasteiger partial charge in [0.25, 0.3) is 5.89 Å². The molecule has 5 heteroatoms. The first kappa shape index (κ1) is 12.7. The topological polar surface area (TPSA) is 64.9 Å². The molecule has 3 aromatic rings. The summed E-state index contributed by atoms with van der Waals surface area (Å²) in [5.41, 5.74) is 8.23. The number of aromatic nitrogens is 2. The Bertz CT molecular complexity index is 722. The Morgan fingerprint density at radius 2 is 1.80 bits per heavy atom. The lowest BCUT2D eigenvalue weighted by Gasteiger charge is -1.98. The van der Waals surface area contributed by atoms with Crippen LogP contribution in [0.15, 0.2) is 57.9 Å². The van der Waals surface area contributed by atoms with Crippen LogP contribution in [0.2, 0.25) is 0 Å². The summed E-state index contributed by atoms with van der Waals surface area (Å²) in [5.74, 6) is 1.00. The second-order valence-corrected chi connectivity index (χ2v) is 5.12. The van der Waals surface area contributed by atoms with Crippen molar-refractivity contribution in [3.05, 3.63) is 48.5 Å². The van der Waals surface area contributed by atoms with Crippen LogP contribution in [-0.4, -0.2) is 16.4 Å². The summed E-state index contributed by atoms with van der Waals surface area (Å²) < 4.78 is 5.31. The molecule has 0 saturated carbocycles. The number of nitrogen functional groups attached to an aromatic ring is 1. The molecule has 0 bridgehead atoms. The number of nitrogens with two attached hydrogens (primary N) is 1. The predicted molar refractivity (Wildman–Crippen MR) is 81.4 cm³/mol. The molecule has 0 saturated heterocycles. The van der Waals surface area contributed by atoms with Gasteiger partial charge in [0.15, 0.2) is 0 Å². The van der Waals surface area contributed by atoms with E-state index in [2.05, 4.69) is 10.1 Å². The second-order valence-electron chi connectivity index (χ2n) is 4.24. The molecule has 2 aromatic carbocycles. The third-order valence-electron chi connectivity index (χ3n) is 2.96. The molecule has 0 fully saturated rings. The van der Waals surface area contributed by atoms with Crippen LogP contribution >= 0.6 is 11.8 Å². The normalized spacial score (nSPS) is 10.7. The molecule has 0 unspecified atom stereocenters. The zero-order valence-electron chi connectivity index (χ0n) is 10.9. The first-order valence-corrected chi connectivity index (χ1v) is 7.33. The van der Waals surface area contributed by atoms with Gasteiger partial charge < -0.3 is 10.3 Å². The molecule has 0 aliphatic heterocycles. The van der Waals surface area contributed by atoms with Crippen molar-refractivity contribution < 1.29 is 4.52 Å². The number of hydrogen-bond acceptors (Lipinski definition) is 5. The Morgan fingerprint density at radius 3 is 2.50 bits per heavy atom. The quantitative estimate of drug-likeness (QED) is 0.586. The lowest BCUT2D eigenvalue weighted by Crippen LogP contribution is -1.90. The molecule has 1 heterocycles. The number of rotatable bonds is 3. The number of thioether (sulfide) groups is 1. The number of anilines is 1. The van der Waals surface area contributed by atoms with Crippen molar-refractivity contribution >= 4 is 17.4 Å². The van der Waals surface area contributed by atoms with Gasteiger partial charge in [-0.25, -0.2) is 0 Å². The van der Waals surface area contributed by atoms with E-state index in [4.69, 9.17) is 10.3 Å². The van der Waals surface area contributed by atoms with Gasteiger partial charge in [-0.3, -0.25) is 0 Å². The maximum Gasteiger partial charge on any atom is 0.258 e. The number of hydrogen-bond donors (Lipinski definition) is 1. The average molecular weight is 283 g/mol. The first-order chi connectivity index (χ1) is 9.78. The fourth-order valence-corrected chi connectivity index (χ4v) is 2.29. The summed E-state index contributed by atoms with van der Waals surface area (Å²) in [5, 5.41) is 3.99. The molecule has 1 aromatic heterocycles. The molecular weight excluding hydrogens is 270 g/mol. The van der Waals surface area contributed by atoms with Crippen molar-refractivity contribution in [2.45, 2.75) is 4.90 Å². The molecule has 20 heavy (non-hydrogen) atoms. The lowest BCUT2D eigenvalue weighted by molar-refractivity contribution is 0.432. The monoisotopic (exact) mass is 283 g/mol. The molecule has 0 amide bonds.